The van der Waals surface area contributed by atoms with Gasteiger partial charge < -0.3 is 10.4 Å². The fourth-order valence-electron chi connectivity index (χ4n) is 2.49. The molecule has 1 aliphatic rings. The SMILES string of the molecule is O=C(O)CCCNC(=O)[C@@H]1C[C@@H]1c1ccccc1C(F)(F)F. The minimum absolute atomic E-state index is 0.0503. The Morgan fingerprint density at radius 1 is 1.27 bits per heavy atom. The van der Waals surface area contributed by atoms with E-state index in [1.807, 2.05) is 0 Å². The Bertz CT molecular complexity index is 571. The van der Waals surface area contributed by atoms with Crippen LogP contribution in [-0.2, 0) is 15.8 Å². The van der Waals surface area contributed by atoms with Gasteiger partial charge in [-0.2, -0.15) is 13.2 Å². The predicted octanol–water partition coefficient (Wildman–Crippen LogP) is 2.79. The number of aliphatic carboxylic acids is 1. The normalized spacial score (nSPS) is 20.5. The van der Waals surface area contributed by atoms with Crippen molar-refractivity contribution in [1.82, 2.24) is 5.32 Å². The predicted molar refractivity (Wildman–Crippen MR) is 72.2 cm³/mol. The van der Waals surface area contributed by atoms with Gasteiger partial charge in [0.05, 0.1) is 5.56 Å². The molecule has 0 aromatic heterocycles. The molecule has 1 fully saturated rings. The van der Waals surface area contributed by atoms with Gasteiger partial charge in [-0.05, 0) is 30.4 Å². The van der Waals surface area contributed by atoms with Crippen LogP contribution in [0.2, 0.25) is 0 Å². The van der Waals surface area contributed by atoms with Crippen molar-refractivity contribution in [1.29, 1.82) is 0 Å². The summed E-state index contributed by atoms with van der Waals surface area (Å²) >= 11 is 0. The third-order valence-electron chi connectivity index (χ3n) is 3.66. The summed E-state index contributed by atoms with van der Waals surface area (Å²) in [5.41, 5.74) is -0.540. The van der Waals surface area contributed by atoms with Crippen molar-refractivity contribution in [3.63, 3.8) is 0 Å². The van der Waals surface area contributed by atoms with Gasteiger partial charge >= 0.3 is 12.1 Å². The molecule has 1 aliphatic carbocycles. The highest BCUT2D eigenvalue weighted by Crippen LogP contribution is 2.50. The molecule has 0 bridgehead atoms. The summed E-state index contributed by atoms with van der Waals surface area (Å²) in [5.74, 6) is -2.14. The number of halogens is 3. The second-order valence-corrected chi connectivity index (χ2v) is 5.32. The standard InChI is InChI=1S/C15H16F3NO3/c16-15(17,18)12-5-2-1-4-9(12)10-8-11(10)14(22)19-7-3-6-13(20)21/h1-2,4-5,10-11H,3,6-8H2,(H,19,22)(H,20,21)/t10-,11-/m1/s1. The molecule has 2 rings (SSSR count). The zero-order valence-corrected chi connectivity index (χ0v) is 11.7. The molecule has 2 atom stereocenters. The van der Waals surface area contributed by atoms with Crippen LogP contribution in [0.15, 0.2) is 24.3 Å². The minimum atomic E-state index is -4.43. The van der Waals surface area contributed by atoms with Gasteiger partial charge in [-0.15, -0.1) is 0 Å². The lowest BCUT2D eigenvalue weighted by Gasteiger charge is -2.12. The Morgan fingerprint density at radius 3 is 2.59 bits per heavy atom. The lowest BCUT2D eigenvalue weighted by molar-refractivity contribution is -0.138. The maximum atomic E-state index is 12.9. The van der Waals surface area contributed by atoms with E-state index in [2.05, 4.69) is 5.32 Å². The Morgan fingerprint density at radius 2 is 1.95 bits per heavy atom. The number of benzene rings is 1. The van der Waals surface area contributed by atoms with Crippen molar-refractivity contribution >= 4 is 11.9 Å². The Balaban J connectivity index is 1.92. The molecule has 1 amide bonds. The number of carbonyl (C=O) groups excluding carboxylic acids is 1. The molecule has 120 valence electrons. The van der Waals surface area contributed by atoms with Gasteiger partial charge in [0.15, 0.2) is 0 Å². The maximum absolute atomic E-state index is 12.9. The summed E-state index contributed by atoms with van der Waals surface area (Å²) in [6, 6.07) is 5.29. The van der Waals surface area contributed by atoms with E-state index in [9.17, 15) is 22.8 Å². The second-order valence-electron chi connectivity index (χ2n) is 5.32. The molecule has 0 saturated heterocycles. The van der Waals surface area contributed by atoms with E-state index in [0.717, 1.165) is 6.07 Å². The number of rotatable bonds is 6. The van der Waals surface area contributed by atoms with Crippen molar-refractivity contribution < 1.29 is 27.9 Å². The largest absolute Gasteiger partial charge is 0.481 e. The van der Waals surface area contributed by atoms with Crippen LogP contribution < -0.4 is 5.32 Å². The third kappa shape index (κ3) is 3.99. The highest BCUT2D eigenvalue weighted by Gasteiger charge is 2.47. The van der Waals surface area contributed by atoms with Crippen molar-refractivity contribution in [2.24, 2.45) is 5.92 Å². The molecule has 22 heavy (non-hydrogen) atoms. The lowest BCUT2D eigenvalue weighted by Crippen LogP contribution is -2.27. The molecule has 0 radical (unpaired) electrons. The average Bonchev–Trinajstić information content (AvgIpc) is 3.22. The quantitative estimate of drug-likeness (QED) is 0.793. The summed E-state index contributed by atoms with van der Waals surface area (Å²) < 4.78 is 38.8. The zero-order valence-electron chi connectivity index (χ0n) is 11.7. The van der Waals surface area contributed by atoms with Crippen LogP contribution in [-0.4, -0.2) is 23.5 Å². The van der Waals surface area contributed by atoms with E-state index in [1.165, 1.54) is 18.2 Å². The first kappa shape index (κ1) is 16.3. The molecule has 1 aromatic rings. The third-order valence-corrected chi connectivity index (χ3v) is 3.66. The van der Waals surface area contributed by atoms with E-state index < -0.39 is 29.5 Å². The zero-order chi connectivity index (χ0) is 16.3. The summed E-state index contributed by atoms with van der Waals surface area (Å²) in [6.07, 6.45) is -3.79. The molecule has 0 aliphatic heterocycles. The molecule has 2 N–H and O–H groups in total. The van der Waals surface area contributed by atoms with Gasteiger partial charge in [0.2, 0.25) is 5.91 Å². The van der Waals surface area contributed by atoms with Crippen LogP contribution in [0.4, 0.5) is 13.2 Å². The molecule has 1 aromatic carbocycles. The van der Waals surface area contributed by atoms with E-state index in [-0.39, 0.29) is 24.4 Å². The smallest absolute Gasteiger partial charge is 0.416 e. The van der Waals surface area contributed by atoms with Crippen molar-refractivity contribution in [3.05, 3.63) is 35.4 Å². The number of carboxylic acids is 1. The van der Waals surface area contributed by atoms with Gasteiger partial charge in [-0.1, -0.05) is 18.2 Å². The van der Waals surface area contributed by atoms with Crippen LogP contribution in [0, 0.1) is 5.92 Å². The molecule has 1 saturated carbocycles. The molecule has 4 nitrogen and oxygen atoms in total. The molecule has 7 heteroatoms. The van der Waals surface area contributed by atoms with Crippen LogP contribution in [0.5, 0.6) is 0 Å². The summed E-state index contributed by atoms with van der Waals surface area (Å²) in [7, 11) is 0. The maximum Gasteiger partial charge on any atom is 0.416 e. The molecular weight excluding hydrogens is 299 g/mol. The first-order valence-corrected chi connectivity index (χ1v) is 6.96. The Kier molecular flexibility index (Phi) is 4.73. The van der Waals surface area contributed by atoms with E-state index in [0.29, 0.717) is 12.8 Å². The van der Waals surface area contributed by atoms with Crippen LogP contribution >= 0.6 is 0 Å². The lowest BCUT2D eigenvalue weighted by atomic mass is 10.0. The van der Waals surface area contributed by atoms with Crippen LogP contribution in [0.25, 0.3) is 0 Å². The summed E-state index contributed by atoms with van der Waals surface area (Å²) in [5, 5.41) is 11.1. The fourth-order valence-corrected chi connectivity index (χ4v) is 2.49. The van der Waals surface area contributed by atoms with Gasteiger partial charge in [-0.25, -0.2) is 0 Å². The van der Waals surface area contributed by atoms with Gasteiger partial charge in [0.25, 0.3) is 0 Å². The van der Waals surface area contributed by atoms with Crippen molar-refractivity contribution in [2.45, 2.75) is 31.4 Å². The molecular formula is C15H16F3NO3. The van der Waals surface area contributed by atoms with Crippen molar-refractivity contribution in [2.75, 3.05) is 6.54 Å². The van der Waals surface area contributed by atoms with Crippen molar-refractivity contribution in [3.8, 4) is 0 Å². The Labute approximate surface area is 125 Å². The first-order chi connectivity index (χ1) is 10.3. The van der Waals surface area contributed by atoms with Crippen LogP contribution in [0.1, 0.15) is 36.3 Å². The first-order valence-electron chi connectivity index (χ1n) is 6.96. The highest BCUT2D eigenvalue weighted by molar-refractivity contribution is 5.83. The number of hydrogen-bond donors (Lipinski definition) is 2. The number of carbonyl (C=O) groups is 2. The molecule has 0 unspecified atom stereocenters. The number of alkyl halides is 3. The number of carboxylic acid groups (broad SMARTS) is 1. The van der Waals surface area contributed by atoms with E-state index in [4.69, 9.17) is 5.11 Å². The van der Waals surface area contributed by atoms with Gasteiger partial charge in [0.1, 0.15) is 0 Å². The molecule has 0 heterocycles. The summed E-state index contributed by atoms with van der Waals surface area (Å²) in [4.78, 5) is 22.2. The second kappa shape index (κ2) is 6.37. The fraction of sp³-hybridized carbons (Fsp3) is 0.467. The van der Waals surface area contributed by atoms with Crippen LogP contribution in [0.3, 0.4) is 0 Å². The number of amides is 1. The monoisotopic (exact) mass is 315 g/mol. The van der Waals surface area contributed by atoms with Gasteiger partial charge in [-0.3, -0.25) is 9.59 Å². The summed E-state index contributed by atoms with van der Waals surface area (Å²) in [6.45, 7) is 0.218. The van der Waals surface area contributed by atoms with E-state index >= 15 is 0 Å². The average molecular weight is 315 g/mol. The topological polar surface area (TPSA) is 66.4 Å². The minimum Gasteiger partial charge on any atom is -0.481 e. The van der Waals surface area contributed by atoms with E-state index in [1.54, 1.807) is 0 Å². The Hall–Kier alpha value is -2.05. The number of nitrogens with one attached hydrogen (secondary N) is 1. The molecule has 0 spiro atoms. The number of hydrogen-bond acceptors (Lipinski definition) is 2. The highest BCUT2D eigenvalue weighted by atomic mass is 19.4. The van der Waals surface area contributed by atoms with Gasteiger partial charge in [0, 0.05) is 18.9 Å².